The molecule has 7 nitrogen and oxygen atoms in total. The van der Waals surface area contributed by atoms with Crippen molar-refractivity contribution >= 4 is 21.3 Å². The normalized spacial score (nSPS) is 11.6. The van der Waals surface area contributed by atoms with E-state index in [9.17, 15) is 18.3 Å². The molecule has 0 bridgehead atoms. The summed E-state index contributed by atoms with van der Waals surface area (Å²) in [4.78, 5) is 15.6. The van der Waals surface area contributed by atoms with Crippen LogP contribution in [0.1, 0.15) is 21.7 Å². The zero-order valence-corrected chi connectivity index (χ0v) is 16.3. The third kappa shape index (κ3) is 3.74. The van der Waals surface area contributed by atoms with E-state index in [0.29, 0.717) is 17.8 Å². The number of nitrogens with zero attached hydrogens (tertiary/aromatic N) is 3. The predicted molar refractivity (Wildman–Crippen MR) is 108 cm³/mol. The van der Waals surface area contributed by atoms with Crippen molar-refractivity contribution in [3.8, 4) is 11.3 Å². The number of hydrogen-bond acceptors (Lipinski definition) is 5. The summed E-state index contributed by atoms with van der Waals surface area (Å²) in [5.74, 6) is -1.09. The van der Waals surface area contributed by atoms with Gasteiger partial charge in [-0.05, 0) is 24.3 Å². The van der Waals surface area contributed by atoms with E-state index in [1.165, 1.54) is 12.3 Å². The van der Waals surface area contributed by atoms with Crippen molar-refractivity contribution in [2.24, 2.45) is 0 Å². The maximum atomic E-state index is 11.9. The lowest BCUT2D eigenvalue weighted by atomic mass is 10.0. The molecule has 0 amide bonds. The van der Waals surface area contributed by atoms with Gasteiger partial charge in [0.25, 0.3) is 0 Å². The quantitative estimate of drug-likeness (QED) is 0.545. The maximum Gasteiger partial charge on any atom is 0.354 e. The number of aromatic nitrogens is 3. The molecule has 0 atom stereocenters. The molecule has 4 aromatic rings. The van der Waals surface area contributed by atoms with Gasteiger partial charge in [-0.1, -0.05) is 36.4 Å². The van der Waals surface area contributed by atoms with Crippen LogP contribution in [0.5, 0.6) is 0 Å². The average Bonchev–Trinajstić information content (AvgIpc) is 3.06. The lowest BCUT2D eigenvalue weighted by Crippen LogP contribution is -2.03. The van der Waals surface area contributed by atoms with Gasteiger partial charge >= 0.3 is 5.97 Å². The van der Waals surface area contributed by atoms with Crippen molar-refractivity contribution in [1.29, 1.82) is 0 Å². The van der Waals surface area contributed by atoms with E-state index in [-0.39, 0.29) is 10.6 Å². The molecule has 0 aliphatic heterocycles. The minimum atomic E-state index is -3.37. The van der Waals surface area contributed by atoms with E-state index in [4.69, 9.17) is 0 Å². The summed E-state index contributed by atoms with van der Waals surface area (Å²) in [5, 5.41) is 13.8. The van der Waals surface area contributed by atoms with Crippen LogP contribution in [-0.4, -0.2) is 40.3 Å². The van der Waals surface area contributed by atoms with Crippen molar-refractivity contribution in [1.82, 2.24) is 14.6 Å². The van der Waals surface area contributed by atoms with E-state index < -0.39 is 15.8 Å². The summed E-state index contributed by atoms with van der Waals surface area (Å²) in [6.45, 7) is 0. The number of hydrogen-bond donors (Lipinski definition) is 1. The van der Waals surface area contributed by atoms with Gasteiger partial charge in [-0.3, -0.25) is 0 Å². The van der Waals surface area contributed by atoms with E-state index in [2.05, 4.69) is 10.1 Å². The summed E-state index contributed by atoms with van der Waals surface area (Å²) in [5.41, 5.74) is 3.70. The minimum absolute atomic E-state index is 0.0282. The first-order chi connectivity index (χ1) is 13.8. The van der Waals surface area contributed by atoms with Crippen LogP contribution >= 0.6 is 0 Å². The molecule has 0 aliphatic rings. The van der Waals surface area contributed by atoms with Crippen molar-refractivity contribution in [2.45, 2.75) is 11.3 Å². The number of fused-ring (bicyclic) bond motifs is 1. The molecule has 0 saturated heterocycles. The molecule has 8 heteroatoms. The molecule has 4 rings (SSSR count). The SMILES string of the molecule is CS(=O)(=O)c1ccc2c(Cc3cccc(C(=O)O)n3)c(-c3ccccc3)nn2c1. The Balaban J connectivity index is 1.90. The minimum Gasteiger partial charge on any atom is -0.477 e. The highest BCUT2D eigenvalue weighted by atomic mass is 32.2. The van der Waals surface area contributed by atoms with E-state index in [1.54, 1.807) is 28.8 Å². The van der Waals surface area contributed by atoms with Crippen LogP contribution in [0.3, 0.4) is 0 Å². The molecule has 146 valence electrons. The third-order valence-corrected chi connectivity index (χ3v) is 5.66. The number of carboxylic acid groups (broad SMARTS) is 1. The van der Waals surface area contributed by atoms with Crippen molar-refractivity contribution in [3.05, 3.63) is 83.8 Å². The van der Waals surface area contributed by atoms with Gasteiger partial charge < -0.3 is 5.11 Å². The Morgan fingerprint density at radius 2 is 1.79 bits per heavy atom. The highest BCUT2D eigenvalue weighted by Crippen LogP contribution is 2.29. The van der Waals surface area contributed by atoms with Crippen LogP contribution in [0.2, 0.25) is 0 Å². The Morgan fingerprint density at radius 3 is 2.48 bits per heavy atom. The third-order valence-electron chi connectivity index (χ3n) is 4.56. The molecule has 1 aromatic carbocycles. The number of aromatic carboxylic acids is 1. The molecule has 29 heavy (non-hydrogen) atoms. The Hall–Kier alpha value is -3.52. The molecule has 0 radical (unpaired) electrons. The second-order valence-electron chi connectivity index (χ2n) is 6.66. The Bertz CT molecular complexity index is 1330. The summed E-state index contributed by atoms with van der Waals surface area (Å²) in [6.07, 6.45) is 2.99. The van der Waals surface area contributed by atoms with Crippen molar-refractivity contribution in [2.75, 3.05) is 6.26 Å². The highest BCUT2D eigenvalue weighted by Gasteiger charge is 2.18. The zero-order valence-electron chi connectivity index (χ0n) is 15.5. The first kappa shape index (κ1) is 18.8. The number of pyridine rings is 2. The standard InChI is InChI=1S/C21H17N3O4S/c1-29(27,28)16-10-11-19-17(12-15-8-5-9-18(22-15)21(25)26)20(23-24(19)13-16)14-6-3-2-4-7-14/h2-11,13H,12H2,1H3,(H,25,26). The van der Waals surface area contributed by atoms with Crippen LogP contribution in [0.25, 0.3) is 16.8 Å². The number of carboxylic acids is 1. The van der Waals surface area contributed by atoms with Crippen LogP contribution in [0.15, 0.2) is 71.8 Å². The molecule has 0 fully saturated rings. The number of carbonyl (C=O) groups is 1. The summed E-state index contributed by atoms with van der Waals surface area (Å²) >= 11 is 0. The first-order valence-electron chi connectivity index (χ1n) is 8.79. The van der Waals surface area contributed by atoms with Crippen LogP contribution in [0.4, 0.5) is 0 Å². The number of sulfone groups is 1. The molecule has 0 spiro atoms. The van der Waals surface area contributed by atoms with E-state index in [1.807, 2.05) is 30.3 Å². The van der Waals surface area contributed by atoms with E-state index >= 15 is 0 Å². The Morgan fingerprint density at radius 1 is 1.03 bits per heavy atom. The van der Waals surface area contributed by atoms with Gasteiger partial charge in [-0.25, -0.2) is 22.7 Å². The largest absolute Gasteiger partial charge is 0.477 e. The monoisotopic (exact) mass is 407 g/mol. The van der Waals surface area contributed by atoms with Crippen molar-refractivity contribution < 1.29 is 18.3 Å². The smallest absolute Gasteiger partial charge is 0.354 e. The second kappa shape index (κ2) is 7.14. The summed E-state index contributed by atoms with van der Waals surface area (Å²) in [7, 11) is -3.37. The number of benzene rings is 1. The fourth-order valence-electron chi connectivity index (χ4n) is 3.18. The van der Waals surface area contributed by atoms with E-state index in [0.717, 1.165) is 22.9 Å². The molecule has 3 heterocycles. The molecule has 0 saturated carbocycles. The fourth-order valence-corrected chi connectivity index (χ4v) is 3.79. The van der Waals surface area contributed by atoms with Crippen LogP contribution in [-0.2, 0) is 16.3 Å². The first-order valence-corrected chi connectivity index (χ1v) is 10.7. The van der Waals surface area contributed by atoms with Gasteiger partial charge in [-0.2, -0.15) is 5.10 Å². The van der Waals surface area contributed by atoms with Crippen LogP contribution < -0.4 is 0 Å². The van der Waals surface area contributed by atoms with Gasteiger partial charge in [0.05, 0.1) is 16.1 Å². The maximum absolute atomic E-state index is 11.9. The lowest BCUT2D eigenvalue weighted by molar-refractivity contribution is 0.0690. The van der Waals surface area contributed by atoms with Gasteiger partial charge in [0, 0.05) is 35.7 Å². The Labute approximate surface area is 167 Å². The molecule has 1 N–H and O–H groups in total. The highest BCUT2D eigenvalue weighted by molar-refractivity contribution is 7.90. The molecular weight excluding hydrogens is 390 g/mol. The summed E-state index contributed by atoms with van der Waals surface area (Å²) < 4.78 is 25.4. The van der Waals surface area contributed by atoms with Gasteiger partial charge in [0.15, 0.2) is 9.84 Å². The topological polar surface area (TPSA) is 102 Å². The molecule has 0 unspecified atom stereocenters. The van der Waals surface area contributed by atoms with Gasteiger partial charge in [0.1, 0.15) is 5.69 Å². The van der Waals surface area contributed by atoms with Crippen molar-refractivity contribution in [3.63, 3.8) is 0 Å². The molecule has 3 aromatic heterocycles. The Kier molecular flexibility index (Phi) is 4.63. The van der Waals surface area contributed by atoms with Gasteiger partial charge in [-0.15, -0.1) is 0 Å². The lowest BCUT2D eigenvalue weighted by Gasteiger charge is -2.05. The van der Waals surface area contributed by atoms with Gasteiger partial charge in [0.2, 0.25) is 0 Å². The molecular formula is C21H17N3O4S. The summed E-state index contributed by atoms with van der Waals surface area (Å²) in [6, 6.07) is 17.7. The number of rotatable bonds is 5. The second-order valence-corrected chi connectivity index (χ2v) is 8.67. The van der Waals surface area contributed by atoms with Crippen LogP contribution in [0, 0.1) is 0 Å². The molecule has 0 aliphatic carbocycles. The zero-order chi connectivity index (χ0) is 20.6. The predicted octanol–water partition coefficient (Wildman–Crippen LogP) is 3.09. The fraction of sp³-hybridized carbons (Fsp3) is 0.0952. The average molecular weight is 407 g/mol.